The normalized spacial score (nSPS) is 10.3. The highest BCUT2D eigenvalue weighted by Gasteiger charge is 2.11. The highest BCUT2D eigenvalue weighted by atomic mass is 79.9. The molecule has 0 aliphatic carbocycles. The standard InChI is InChI=1S/C14H10Br2ClNO/c15-8-9-2-1-3-11(6-9)18-14(19)12-7-10(16)4-5-13(12)17/h1-7H,8H2,(H,18,19). The van der Waals surface area contributed by atoms with Crippen LogP contribution in [0.15, 0.2) is 46.9 Å². The van der Waals surface area contributed by atoms with Gasteiger partial charge in [-0.3, -0.25) is 4.79 Å². The first kappa shape index (κ1) is 14.6. The number of alkyl halides is 1. The summed E-state index contributed by atoms with van der Waals surface area (Å²) in [7, 11) is 0. The van der Waals surface area contributed by atoms with Gasteiger partial charge in [-0.15, -0.1) is 0 Å². The maximum absolute atomic E-state index is 12.2. The summed E-state index contributed by atoms with van der Waals surface area (Å²) in [6.45, 7) is 0. The van der Waals surface area contributed by atoms with Gasteiger partial charge in [0, 0.05) is 15.5 Å². The molecule has 0 radical (unpaired) electrons. The van der Waals surface area contributed by atoms with Crippen LogP contribution >= 0.6 is 43.5 Å². The summed E-state index contributed by atoms with van der Waals surface area (Å²) in [4.78, 5) is 12.2. The summed E-state index contributed by atoms with van der Waals surface area (Å²) in [5.74, 6) is -0.224. The monoisotopic (exact) mass is 401 g/mol. The van der Waals surface area contributed by atoms with Gasteiger partial charge >= 0.3 is 0 Å². The van der Waals surface area contributed by atoms with E-state index in [9.17, 15) is 4.79 Å². The van der Waals surface area contributed by atoms with E-state index in [4.69, 9.17) is 11.6 Å². The van der Waals surface area contributed by atoms with Crippen molar-refractivity contribution in [3.8, 4) is 0 Å². The Morgan fingerprint density at radius 3 is 2.74 bits per heavy atom. The summed E-state index contributed by atoms with van der Waals surface area (Å²) < 4.78 is 0.816. The number of anilines is 1. The maximum Gasteiger partial charge on any atom is 0.257 e. The van der Waals surface area contributed by atoms with Gasteiger partial charge in [0.05, 0.1) is 10.6 Å². The van der Waals surface area contributed by atoms with Gasteiger partial charge in [0.1, 0.15) is 0 Å². The van der Waals surface area contributed by atoms with Crippen molar-refractivity contribution < 1.29 is 4.79 Å². The second-order valence-electron chi connectivity index (χ2n) is 3.91. The van der Waals surface area contributed by atoms with Crippen molar-refractivity contribution in [1.82, 2.24) is 0 Å². The molecule has 1 amide bonds. The van der Waals surface area contributed by atoms with E-state index in [1.165, 1.54) is 0 Å². The van der Waals surface area contributed by atoms with E-state index in [2.05, 4.69) is 37.2 Å². The summed E-state index contributed by atoms with van der Waals surface area (Å²) in [6.07, 6.45) is 0. The molecule has 2 aromatic carbocycles. The van der Waals surface area contributed by atoms with Crippen LogP contribution in [0.1, 0.15) is 15.9 Å². The lowest BCUT2D eigenvalue weighted by Crippen LogP contribution is -2.12. The first-order valence-electron chi connectivity index (χ1n) is 5.51. The fraction of sp³-hybridized carbons (Fsp3) is 0.0714. The molecule has 1 N–H and O–H groups in total. The third-order valence-electron chi connectivity index (χ3n) is 2.51. The van der Waals surface area contributed by atoms with Crippen molar-refractivity contribution in [3.05, 3.63) is 63.1 Å². The Morgan fingerprint density at radius 1 is 1.21 bits per heavy atom. The van der Waals surface area contributed by atoms with Crippen LogP contribution in [0.4, 0.5) is 5.69 Å². The molecule has 0 aromatic heterocycles. The molecule has 0 unspecified atom stereocenters. The van der Waals surface area contributed by atoms with Crippen LogP contribution < -0.4 is 5.32 Å². The molecule has 0 aliphatic rings. The first-order chi connectivity index (χ1) is 9.10. The molecule has 0 saturated heterocycles. The molecule has 0 atom stereocenters. The smallest absolute Gasteiger partial charge is 0.257 e. The first-order valence-corrected chi connectivity index (χ1v) is 7.80. The van der Waals surface area contributed by atoms with Gasteiger partial charge in [0.25, 0.3) is 5.91 Å². The van der Waals surface area contributed by atoms with Gasteiger partial charge in [0.2, 0.25) is 0 Å². The number of nitrogens with one attached hydrogen (secondary N) is 1. The summed E-state index contributed by atoms with van der Waals surface area (Å²) in [6, 6.07) is 12.8. The molecule has 2 nitrogen and oxygen atoms in total. The molecule has 0 spiro atoms. The molecular weight excluding hydrogens is 393 g/mol. The topological polar surface area (TPSA) is 29.1 Å². The van der Waals surface area contributed by atoms with Crippen LogP contribution in [0.3, 0.4) is 0 Å². The fourth-order valence-electron chi connectivity index (χ4n) is 1.60. The Hall–Kier alpha value is -0.840. The minimum atomic E-state index is -0.224. The molecule has 5 heteroatoms. The predicted octanol–water partition coefficient (Wildman–Crippen LogP) is 5.25. The average molecular weight is 404 g/mol. The van der Waals surface area contributed by atoms with Crippen LogP contribution in [-0.2, 0) is 5.33 Å². The molecule has 0 fully saturated rings. The van der Waals surface area contributed by atoms with Crippen molar-refractivity contribution in [3.63, 3.8) is 0 Å². The third kappa shape index (κ3) is 3.81. The minimum Gasteiger partial charge on any atom is -0.322 e. The molecule has 2 aromatic rings. The van der Waals surface area contributed by atoms with Crippen LogP contribution in [0.25, 0.3) is 0 Å². The second-order valence-corrected chi connectivity index (χ2v) is 5.80. The van der Waals surface area contributed by atoms with Crippen LogP contribution in [-0.4, -0.2) is 5.91 Å². The van der Waals surface area contributed by atoms with Crippen molar-refractivity contribution >= 4 is 55.1 Å². The lowest BCUT2D eigenvalue weighted by atomic mass is 10.2. The van der Waals surface area contributed by atoms with Gasteiger partial charge in [-0.2, -0.15) is 0 Å². The fourth-order valence-corrected chi connectivity index (χ4v) is 2.52. The Morgan fingerprint density at radius 2 is 2.00 bits per heavy atom. The van der Waals surface area contributed by atoms with E-state index >= 15 is 0 Å². The summed E-state index contributed by atoms with van der Waals surface area (Å²) >= 11 is 12.7. The van der Waals surface area contributed by atoms with Crippen molar-refractivity contribution in [2.45, 2.75) is 5.33 Å². The van der Waals surface area contributed by atoms with E-state index in [0.29, 0.717) is 10.6 Å². The molecular formula is C14H10Br2ClNO. The number of carbonyl (C=O) groups is 1. The van der Waals surface area contributed by atoms with Crippen molar-refractivity contribution in [2.75, 3.05) is 5.32 Å². The van der Waals surface area contributed by atoms with Crippen LogP contribution in [0, 0.1) is 0 Å². The zero-order valence-corrected chi connectivity index (χ0v) is 13.7. The van der Waals surface area contributed by atoms with Crippen LogP contribution in [0.2, 0.25) is 5.02 Å². The van der Waals surface area contributed by atoms with E-state index in [0.717, 1.165) is 21.1 Å². The zero-order valence-electron chi connectivity index (χ0n) is 9.79. The maximum atomic E-state index is 12.2. The largest absolute Gasteiger partial charge is 0.322 e. The van der Waals surface area contributed by atoms with Crippen LogP contribution in [0.5, 0.6) is 0 Å². The SMILES string of the molecule is O=C(Nc1cccc(CBr)c1)c1cc(Br)ccc1Cl. The number of rotatable bonds is 3. The molecule has 0 aliphatic heterocycles. The van der Waals surface area contributed by atoms with Gasteiger partial charge in [-0.25, -0.2) is 0 Å². The number of halogens is 3. The Kier molecular flexibility index (Phi) is 5.02. The lowest BCUT2D eigenvalue weighted by molar-refractivity contribution is 0.102. The second kappa shape index (κ2) is 6.55. The Labute approximate surface area is 133 Å². The van der Waals surface area contributed by atoms with E-state index in [1.807, 2.05) is 24.3 Å². The highest BCUT2D eigenvalue weighted by molar-refractivity contribution is 9.10. The van der Waals surface area contributed by atoms with E-state index in [1.54, 1.807) is 18.2 Å². The third-order valence-corrected chi connectivity index (χ3v) is 3.98. The van der Waals surface area contributed by atoms with E-state index < -0.39 is 0 Å². The molecule has 98 valence electrons. The van der Waals surface area contributed by atoms with Crippen molar-refractivity contribution in [2.24, 2.45) is 0 Å². The highest BCUT2D eigenvalue weighted by Crippen LogP contribution is 2.22. The number of carbonyl (C=O) groups excluding carboxylic acids is 1. The van der Waals surface area contributed by atoms with Crippen molar-refractivity contribution in [1.29, 1.82) is 0 Å². The van der Waals surface area contributed by atoms with Gasteiger partial charge in [-0.1, -0.05) is 55.6 Å². The summed E-state index contributed by atoms with van der Waals surface area (Å²) in [5, 5.41) is 4.01. The molecule has 19 heavy (non-hydrogen) atoms. The number of amides is 1. The molecule has 2 rings (SSSR count). The molecule has 0 bridgehead atoms. The predicted molar refractivity (Wildman–Crippen MR) is 86.2 cm³/mol. The molecule has 0 saturated carbocycles. The van der Waals surface area contributed by atoms with Gasteiger partial charge < -0.3 is 5.32 Å². The number of hydrogen-bond acceptors (Lipinski definition) is 1. The number of benzene rings is 2. The van der Waals surface area contributed by atoms with Gasteiger partial charge in [-0.05, 0) is 35.9 Å². The minimum absolute atomic E-state index is 0.224. The number of hydrogen-bond donors (Lipinski definition) is 1. The average Bonchev–Trinajstić information content (AvgIpc) is 2.41. The zero-order chi connectivity index (χ0) is 13.8. The Bertz CT molecular complexity index is 616. The lowest BCUT2D eigenvalue weighted by Gasteiger charge is -2.08. The molecule has 0 heterocycles. The quantitative estimate of drug-likeness (QED) is 0.697. The van der Waals surface area contributed by atoms with E-state index in [-0.39, 0.29) is 5.91 Å². The summed E-state index contributed by atoms with van der Waals surface area (Å²) in [5.41, 5.74) is 2.29. The van der Waals surface area contributed by atoms with Gasteiger partial charge in [0.15, 0.2) is 0 Å². The Balaban J connectivity index is 2.23.